The third-order valence-electron chi connectivity index (χ3n) is 5.15. The highest BCUT2D eigenvalue weighted by Crippen LogP contribution is 2.29. The molecule has 1 aromatic carbocycles. The van der Waals surface area contributed by atoms with Crippen molar-refractivity contribution in [3.05, 3.63) is 41.0 Å². The second-order valence-corrected chi connectivity index (χ2v) is 12.0. The number of carbonyl (C=O) groups excluding carboxylic acids is 3. The lowest BCUT2D eigenvalue weighted by atomic mass is 9.81. The number of ether oxygens (including phenoxy) is 2. The van der Waals surface area contributed by atoms with Gasteiger partial charge in [0.1, 0.15) is 11.9 Å². The van der Waals surface area contributed by atoms with Crippen molar-refractivity contribution in [3.8, 4) is 0 Å². The quantitative estimate of drug-likeness (QED) is 0.183. The predicted molar refractivity (Wildman–Crippen MR) is 145 cm³/mol. The van der Waals surface area contributed by atoms with Crippen LogP contribution in [0, 0.1) is 5.41 Å². The monoisotopic (exact) mass is 522 g/mol. The summed E-state index contributed by atoms with van der Waals surface area (Å²) in [5, 5.41) is 10.1. The molecular formula is C27H42N2O6S. The number of amides is 2. The van der Waals surface area contributed by atoms with Crippen molar-refractivity contribution in [1.29, 1.82) is 0 Å². The molecule has 8 nitrogen and oxygen atoms in total. The molecule has 2 amide bonds. The van der Waals surface area contributed by atoms with Crippen LogP contribution in [0.5, 0.6) is 0 Å². The third-order valence-corrected chi connectivity index (χ3v) is 6.61. The highest BCUT2D eigenvalue weighted by Gasteiger charge is 2.38. The van der Waals surface area contributed by atoms with E-state index in [4.69, 9.17) is 14.6 Å². The van der Waals surface area contributed by atoms with Crippen LogP contribution in [-0.4, -0.2) is 72.4 Å². The van der Waals surface area contributed by atoms with Gasteiger partial charge in [0.25, 0.3) is 5.91 Å². The van der Waals surface area contributed by atoms with E-state index in [1.807, 2.05) is 24.3 Å². The topological polar surface area (TPSA) is 105 Å². The van der Waals surface area contributed by atoms with Gasteiger partial charge in [-0.1, -0.05) is 38.1 Å². The van der Waals surface area contributed by atoms with Crippen molar-refractivity contribution in [3.63, 3.8) is 0 Å². The van der Waals surface area contributed by atoms with Crippen LogP contribution in [0.1, 0.15) is 59.6 Å². The van der Waals surface area contributed by atoms with Crippen LogP contribution in [0.3, 0.4) is 0 Å². The predicted octanol–water partition coefficient (Wildman–Crippen LogP) is 4.21. The van der Waals surface area contributed by atoms with Crippen molar-refractivity contribution >= 4 is 36.1 Å². The molecular weight excluding hydrogens is 480 g/mol. The Bertz CT molecular complexity index is 925. The van der Waals surface area contributed by atoms with Gasteiger partial charge in [0.2, 0.25) is 0 Å². The highest BCUT2D eigenvalue weighted by molar-refractivity contribution is 7.99. The first-order valence-corrected chi connectivity index (χ1v) is 13.1. The SMILES string of the molecule is C/C(C=O)=C\c1cccc(C(C)(COCC(C)(C)CSCCO)C(=O)NN(C)C(=O)OC(C)(C)C)c1. The molecule has 9 heteroatoms. The Kier molecular flexibility index (Phi) is 12.2. The van der Waals surface area contributed by atoms with Gasteiger partial charge in [0, 0.05) is 18.6 Å². The smallest absolute Gasteiger partial charge is 0.428 e. The molecule has 0 aliphatic heterocycles. The normalized spacial score (nSPS) is 14.1. The summed E-state index contributed by atoms with van der Waals surface area (Å²) in [5.41, 5.74) is 2.62. The first kappa shape index (κ1) is 31.7. The molecule has 0 bridgehead atoms. The summed E-state index contributed by atoms with van der Waals surface area (Å²) >= 11 is 1.64. The molecule has 1 unspecified atom stereocenters. The van der Waals surface area contributed by atoms with E-state index in [0.29, 0.717) is 23.5 Å². The van der Waals surface area contributed by atoms with Gasteiger partial charge >= 0.3 is 6.09 Å². The molecule has 0 aromatic heterocycles. The van der Waals surface area contributed by atoms with Crippen molar-refractivity contribution in [2.24, 2.45) is 5.41 Å². The summed E-state index contributed by atoms with van der Waals surface area (Å²) in [4.78, 5) is 37.1. The van der Waals surface area contributed by atoms with Gasteiger partial charge in [-0.2, -0.15) is 11.8 Å². The number of hydrazine groups is 1. The number of thioether (sulfide) groups is 1. The van der Waals surface area contributed by atoms with Gasteiger partial charge in [0.15, 0.2) is 0 Å². The summed E-state index contributed by atoms with van der Waals surface area (Å²) in [6, 6.07) is 7.33. The zero-order valence-corrected chi connectivity index (χ0v) is 23.7. The van der Waals surface area contributed by atoms with Crippen LogP contribution >= 0.6 is 11.8 Å². The Morgan fingerprint density at radius 2 is 1.81 bits per heavy atom. The van der Waals surface area contributed by atoms with Gasteiger partial charge in [-0.3, -0.25) is 15.0 Å². The number of rotatable bonds is 12. The van der Waals surface area contributed by atoms with Gasteiger partial charge < -0.3 is 14.6 Å². The third kappa shape index (κ3) is 10.7. The Balaban J connectivity index is 3.19. The summed E-state index contributed by atoms with van der Waals surface area (Å²) in [6.45, 7) is 13.4. The molecule has 36 heavy (non-hydrogen) atoms. The van der Waals surface area contributed by atoms with Crippen LogP contribution in [0.4, 0.5) is 4.79 Å². The van der Waals surface area contributed by atoms with Gasteiger partial charge in [-0.25, -0.2) is 9.80 Å². The van der Waals surface area contributed by atoms with E-state index in [0.717, 1.165) is 22.6 Å². The molecule has 1 atom stereocenters. The van der Waals surface area contributed by atoms with E-state index in [1.54, 1.807) is 52.5 Å². The molecule has 1 rings (SSSR count). The number of aliphatic hydroxyl groups excluding tert-OH is 1. The average molecular weight is 523 g/mol. The van der Waals surface area contributed by atoms with Crippen molar-refractivity contribution in [2.45, 2.75) is 59.5 Å². The molecule has 2 N–H and O–H groups in total. The number of nitrogens with zero attached hydrogens (tertiary/aromatic N) is 1. The maximum Gasteiger partial charge on any atom is 0.428 e. The van der Waals surface area contributed by atoms with E-state index >= 15 is 0 Å². The lowest BCUT2D eigenvalue weighted by Crippen LogP contribution is -2.53. The fourth-order valence-corrected chi connectivity index (χ4v) is 4.10. The number of aliphatic hydroxyl groups is 1. The largest absolute Gasteiger partial charge is 0.442 e. The van der Waals surface area contributed by atoms with Gasteiger partial charge in [0.05, 0.1) is 25.2 Å². The number of benzene rings is 1. The number of hydrogen-bond acceptors (Lipinski definition) is 7. The zero-order valence-electron chi connectivity index (χ0n) is 22.8. The zero-order chi connectivity index (χ0) is 27.6. The van der Waals surface area contributed by atoms with Crippen LogP contribution in [0.2, 0.25) is 0 Å². The molecule has 0 heterocycles. The van der Waals surface area contributed by atoms with Crippen molar-refractivity contribution < 1.29 is 29.0 Å². The lowest BCUT2D eigenvalue weighted by molar-refractivity contribution is -0.133. The molecule has 1 aromatic rings. The summed E-state index contributed by atoms with van der Waals surface area (Å²) in [6.07, 6.45) is 1.83. The minimum atomic E-state index is -1.15. The number of aldehydes is 1. The minimum absolute atomic E-state index is 0.0644. The lowest BCUT2D eigenvalue weighted by Gasteiger charge is -2.33. The van der Waals surface area contributed by atoms with Crippen molar-refractivity contribution in [2.75, 3.05) is 38.4 Å². The first-order valence-electron chi connectivity index (χ1n) is 11.9. The minimum Gasteiger partial charge on any atom is -0.442 e. The standard InChI is InChI=1S/C27H42N2O6S/c1-20(16-31)14-21-10-9-11-22(15-21)27(7,18-34-17-26(5,6)19-36-13-12-30)23(32)28-29(8)24(33)35-25(2,3)4/h9-11,14-16,30H,12-13,17-19H2,1-8H3,(H,28,32)/b20-14+. The molecule has 0 aliphatic rings. The molecule has 0 saturated carbocycles. The Hall–Kier alpha value is -2.36. The van der Waals surface area contributed by atoms with E-state index in [-0.39, 0.29) is 18.6 Å². The number of carbonyl (C=O) groups is 3. The molecule has 0 spiro atoms. The molecule has 0 saturated heterocycles. The van der Waals surface area contributed by atoms with Crippen LogP contribution in [0.15, 0.2) is 29.8 Å². The van der Waals surface area contributed by atoms with Crippen LogP contribution in [-0.2, 0) is 24.5 Å². The molecule has 202 valence electrons. The van der Waals surface area contributed by atoms with Crippen LogP contribution < -0.4 is 5.43 Å². The van der Waals surface area contributed by atoms with E-state index in [9.17, 15) is 14.4 Å². The summed E-state index contributed by atoms with van der Waals surface area (Å²) in [7, 11) is 1.43. The fourth-order valence-electron chi connectivity index (χ4n) is 3.19. The van der Waals surface area contributed by atoms with Gasteiger partial charge in [-0.05, 0) is 62.8 Å². The Morgan fingerprint density at radius 3 is 2.39 bits per heavy atom. The highest BCUT2D eigenvalue weighted by atomic mass is 32.2. The molecule has 0 aliphatic carbocycles. The molecule has 0 radical (unpaired) electrons. The number of hydrogen-bond donors (Lipinski definition) is 2. The van der Waals surface area contributed by atoms with E-state index < -0.39 is 23.0 Å². The first-order chi connectivity index (χ1) is 16.6. The second-order valence-electron chi connectivity index (χ2n) is 10.9. The van der Waals surface area contributed by atoms with E-state index in [1.165, 1.54) is 7.05 Å². The fraction of sp³-hybridized carbons (Fsp3) is 0.593. The Morgan fingerprint density at radius 1 is 1.14 bits per heavy atom. The van der Waals surface area contributed by atoms with E-state index in [2.05, 4.69) is 19.3 Å². The Labute approximate surface area is 219 Å². The van der Waals surface area contributed by atoms with Gasteiger partial charge in [-0.15, -0.1) is 0 Å². The van der Waals surface area contributed by atoms with Crippen molar-refractivity contribution in [1.82, 2.24) is 10.4 Å². The number of allylic oxidation sites excluding steroid dienone is 1. The average Bonchev–Trinajstić information content (AvgIpc) is 2.77. The number of nitrogens with one attached hydrogen (secondary N) is 1. The second kappa shape index (κ2) is 13.8. The maximum atomic E-state index is 13.6. The van der Waals surface area contributed by atoms with Crippen LogP contribution in [0.25, 0.3) is 6.08 Å². The summed E-state index contributed by atoms with van der Waals surface area (Å²) in [5.74, 6) is 1.01. The maximum absolute atomic E-state index is 13.6. The summed E-state index contributed by atoms with van der Waals surface area (Å²) < 4.78 is 11.4. The molecule has 0 fully saturated rings.